The fourth-order valence-electron chi connectivity index (χ4n) is 6.64. The van der Waals surface area contributed by atoms with Gasteiger partial charge in [0.05, 0.1) is 40.2 Å². The number of aryl methyl sites for hydroxylation is 1. The lowest BCUT2D eigenvalue weighted by atomic mass is 9.60. The number of cyclic esters (lactones) is 1. The summed E-state index contributed by atoms with van der Waals surface area (Å²) in [4.78, 5) is 57.0. The van der Waals surface area contributed by atoms with E-state index in [1.165, 1.54) is 0 Å². The number of thiazole rings is 1. The van der Waals surface area contributed by atoms with Crippen molar-refractivity contribution in [2.24, 2.45) is 17.3 Å². The van der Waals surface area contributed by atoms with Crippen molar-refractivity contribution >= 4 is 41.1 Å². The Morgan fingerprint density at radius 2 is 1.72 bits per heavy atom. The van der Waals surface area contributed by atoms with Crippen molar-refractivity contribution in [3.8, 4) is 0 Å². The zero-order valence-electron chi connectivity index (χ0n) is 29.9. The summed E-state index contributed by atoms with van der Waals surface area (Å²) in [6, 6.07) is 0. The number of hydrogen-bond donors (Lipinski definition) is 0. The lowest BCUT2D eigenvalue weighted by molar-refractivity contribution is -0.179. The van der Waals surface area contributed by atoms with Crippen molar-refractivity contribution < 1.29 is 38.1 Å². The minimum absolute atomic E-state index is 0.0849. The second kappa shape index (κ2) is 17.5. The number of aromatic nitrogens is 1. The monoisotopic (exact) mass is 663 g/mol. The SMILES string of the molecule is CC.CC.CCC(=O)O[C@H]1[C@@H]2CCC[C@@]3(C)O[C@H]3C[C@@H](/C(C)=C/c3csc(C)n3)OC(=O)C[C@H](OC(=O)CC)[C@](C)(C2)C(=O)[C@@H]1C. The molecular formula is C36H57NO8S. The fourth-order valence-corrected chi connectivity index (χ4v) is 7.21. The number of rotatable bonds is 6. The molecule has 0 amide bonds. The summed E-state index contributed by atoms with van der Waals surface area (Å²) in [7, 11) is 0. The number of fused-ring (bicyclic) bond motifs is 3. The Morgan fingerprint density at radius 1 is 1.09 bits per heavy atom. The van der Waals surface area contributed by atoms with Crippen LogP contribution in [0.5, 0.6) is 0 Å². The molecule has 1 saturated carbocycles. The van der Waals surface area contributed by atoms with E-state index in [0.717, 1.165) is 29.1 Å². The Balaban J connectivity index is 0.00000177. The van der Waals surface area contributed by atoms with E-state index in [9.17, 15) is 19.2 Å². The number of ether oxygens (including phenoxy) is 4. The van der Waals surface area contributed by atoms with E-state index in [-0.39, 0.29) is 48.6 Å². The second-order valence-corrected chi connectivity index (χ2v) is 13.6. The number of carbonyl (C=O) groups excluding carboxylic acids is 4. The number of carbonyl (C=O) groups is 4. The van der Waals surface area contributed by atoms with Crippen molar-refractivity contribution in [3.63, 3.8) is 0 Å². The van der Waals surface area contributed by atoms with Crippen LogP contribution in [0.4, 0.5) is 0 Å². The van der Waals surface area contributed by atoms with Gasteiger partial charge in [-0.25, -0.2) is 4.98 Å². The van der Waals surface area contributed by atoms with Crippen molar-refractivity contribution in [1.29, 1.82) is 0 Å². The summed E-state index contributed by atoms with van der Waals surface area (Å²) >= 11 is 1.55. The van der Waals surface area contributed by atoms with Gasteiger partial charge in [-0.15, -0.1) is 11.3 Å². The van der Waals surface area contributed by atoms with Gasteiger partial charge in [0.1, 0.15) is 24.1 Å². The first-order chi connectivity index (χ1) is 21.8. The van der Waals surface area contributed by atoms with Gasteiger partial charge in [0.2, 0.25) is 0 Å². The number of hydrogen-bond acceptors (Lipinski definition) is 10. The molecule has 4 rings (SSSR count). The molecule has 0 N–H and O–H groups in total. The molecule has 0 aromatic carbocycles. The summed E-state index contributed by atoms with van der Waals surface area (Å²) < 4.78 is 23.9. The average molecular weight is 664 g/mol. The summed E-state index contributed by atoms with van der Waals surface area (Å²) in [5, 5.41) is 2.90. The van der Waals surface area contributed by atoms with Crippen molar-refractivity contribution in [3.05, 3.63) is 21.7 Å². The molecule has 1 aromatic rings. The molecule has 260 valence electrons. The Morgan fingerprint density at radius 3 is 2.30 bits per heavy atom. The third kappa shape index (κ3) is 9.72. The Kier molecular flexibility index (Phi) is 15.1. The van der Waals surface area contributed by atoms with Gasteiger partial charge in [-0.1, -0.05) is 54.9 Å². The smallest absolute Gasteiger partial charge is 0.310 e. The van der Waals surface area contributed by atoms with Crippen LogP contribution in [0.2, 0.25) is 0 Å². The first kappa shape index (κ1) is 39.6. The highest BCUT2D eigenvalue weighted by molar-refractivity contribution is 7.09. The summed E-state index contributed by atoms with van der Waals surface area (Å²) in [5.74, 6) is -2.31. The molecule has 9 nitrogen and oxygen atoms in total. The second-order valence-electron chi connectivity index (χ2n) is 12.6. The quantitative estimate of drug-likeness (QED) is 0.170. The molecule has 46 heavy (non-hydrogen) atoms. The molecule has 3 aliphatic rings. The molecule has 3 fully saturated rings. The molecule has 0 unspecified atom stereocenters. The van der Waals surface area contributed by atoms with Gasteiger partial charge in [-0.05, 0) is 64.5 Å². The highest BCUT2D eigenvalue weighted by Crippen LogP contribution is 2.49. The molecule has 10 heteroatoms. The number of epoxide rings is 1. The minimum atomic E-state index is -1.14. The van der Waals surface area contributed by atoms with E-state index in [1.54, 1.807) is 39.0 Å². The number of ketones is 1. The number of nitrogens with zero attached hydrogens (tertiary/aromatic N) is 1. The average Bonchev–Trinajstić information content (AvgIpc) is 3.49. The third-order valence-electron chi connectivity index (χ3n) is 9.31. The number of Topliss-reactive ketones (excluding diaryl/α,β-unsaturated/α-hetero) is 1. The summed E-state index contributed by atoms with van der Waals surface area (Å²) in [6.45, 7) is 20.9. The van der Waals surface area contributed by atoms with Gasteiger partial charge in [0, 0.05) is 24.6 Å². The van der Waals surface area contributed by atoms with Crippen molar-refractivity contribution in [2.75, 3.05) is 0 Å². The number of esters is 3. The molecule has 1 aromatic heterocycles. The first-order valence-electron chi connectivity index (χ1n) is 17.2. The molecule has 2 bridgehead atoms. The maximum atomic E-state index is 14.0. The molecule has 2 saturated heterocycles. The highest BCUT2D eigenvalue weighted by Gasteiger charge is 2.57. The van der Waals surface area contributed by atoms with E-state index in [4.69, 9.17) is 18.9 Å². The van der Waals surface area contributed by atoms with Crippen LogP contribution >= 0.6 is 11.3 Å². The van der Waals surface area contributed by atoms with Crippen LogP contribution < -0.4 is 0 Å². The Bertz CT molecular complexity index is 1230. The topological polar surface area (TPSA) is 121 Å². The van der Waals surface area contributed by atoms with E-state index in [1.807, 2.05) is 53.0 Å². The lowest BCUT2D eigenvalue weighted by Crippen LogP contribution is -2.56. The standard InChI is InChI=1S/C32H45NO8S.2C2H6/c1-8-26(34)39-24-15-28(36)38-23(18(3)13-22-17-42-20(5)33-22)14-25-32(7,41-25)12-10-11-21-16-31(24,6)30(37)19(4)29(21)40-27(35)9-2;2*1-2/h13,17,19,21,23-25,29H,8-12,14-16H2,1-7H3;2*1-2H3/b18-13+;;/t19-,21-,23+,24+,25+,29-,31+,32-;;/m1../s1. The molecule has 2 aliphatic heterocycles. The lowest BCUT2D eigenvalue weighted by Gasteiger charge is -2.47. The highest BCUT2D eigenvalue weighted by atomic mass is 32.1. The normalized spacial score (nSPS) is 33.0. The Labute approximate surface area is 280 Å². The fraction of sp³-hybridized carbons (Fsp3) is 0.750. The van der Waals surface area contributed by atoms with Crippen LogP contribution in [0.1, 0.15) is 131 Å². The maximum absolute atomic E-state index is 14.0. The molecule has 8 atom stereocenters. The maximum Gasteiger partial charge on any atom is 0.310 e. The van der Waals surface area contributed by atoms with E-state index < -0.39 is 41.6 Å². The predicted octanol–water partition coefficient (Wildman–Crippen LogP) is 7.82. The van der Waals surface area contributed by atoms with Crippen molar-refractivity contribution in [1.82, 2.24) is 4.98 Å². The predicted molar refractivity (Wildman–Crippen MR) is 180 cm³/mol. The van der Waals surface area contributed by atoms with Gasteiger partial charge in [0.15, 0.2) is 0 Å². The molecular weight excluding hydrogens is 606 g/mol. The third-order valence-corrected chi connectivity index (χ3v) is 10.1. The molecule has 0 spiro atoms. The van der Waals surface area contributed by atoms with Crippen molar-refractivity contribution in [2.45, 2.75) is 158 Å². The van der Waals surface area contributed by atoms with Crippen LogP contribution in [0.15, 0.2) is 11.0 Å². The molecule has 3 heterocycles. The van der Waals surface area contributed by atoms with Crippen LogP contribution in [-0.4, -0.2) is 58.7 Å². The first-order valence-corrected chi connectivity index (χ1v) is 18.1. The zero-order valence-corrected chi connectivity index (χ0v) is 30.7. The van der Waals surface area contributed by atoms with Crippen LogP contribution in [-0.2, 0) is 38.1 Å². The summed E-state index contributed by atoms with van der Waals surface area (Å²) in [6.07, 6.45) is 2.90. The van der Waals surface area contributed by atoms with Gasteiger partial charge in [-0.3, -0.25) is 19.2 Å². The van der Waals surface area contributed by atoms with Crippen LogP contribution in [0.25, 0.3) is 6.08 Å². The van der Waals surface area contributed by atoms with E-state index >= 15 is 0 Å². The molecule has 1 aliphatic carbocycles. The summed E-state index contributed by atoms with van der Waals surface area (Å²) in [5.41, 5.74) is 0.155. The van der Waals surface area contributed by atoms with Crippen LogP contribution in [0.3, 0.4) is 0 Å². The zero-order chi connectivity index (χ0) is 34.8. The van der Waals surface area contributed by atoms with Gasteiger partial charge in [0.25, 0.3) is 0 Å². The van der Waals surface area contributed by atoms with E-state index in [0.29, 0.717) is 19.3 Å². The van der Waals surface area contributed by atoms with Gasteiger partial charge >= 0.3 is 17.9 Å². The van der Waals surface area contributed by atoms with E-state index in [2.05, 4.69) is 11.9 Å². The van der Waals surface area contributed by atoms with Gasteiger partial charge < -0.3 is 18.9 Å². The largest absolute Gasteiger partial charge is 0.461 e. The van der Waals surface area contributed by atoms with Gasteiger partial charge in [-0.2, -0.15) is 0 Å². The Hall–Kier alpha value is -2.59. The molecule has 0 radical (unpaired) electrons. The van der Waals surface area contributed by atoms with Crippen LogP contribution in [0, 0.1) is 24.2 Å². The minimum Gasteiger partial charge on any atom is -0.461 e.